The van der Waals surface area contributed by atoms with Crippen molar-refractivity contribution >= 4 is 0 Å². The van der Waals surface area contributed by atoms with Gasteiger partial charge in [0.25, 0.3) is 0 Å². The van der Waals surface area contributed by atoms with Crippen LogP contribution in [0.4, 0.5) is 0 Å². The number of nitrogens with zero attached hydrogens (tertiary/aromatic N) is 2. The number of pyridine rings is 1. The van der Waals surface area contributed by atoms with Crippen LogP contribution in [0.5, 0.6) is 0 Å². The lowest BCUT2D eigenvalue weighted by Gasteiger charge is -2.39. The normalized spacial score (nSPS) is 16.3. The molecule has 3 heteroatoms. The number of hydrogen-bond donors (Lipinski definition) is 1. The average molecular weight is 518 g/mol. The van der Waals surface area contributed by atoms with E-state index in [0.29, 0.717) is 29.7 Å². The first kappa shape index (κ1) is 31.9. The molecule has 1 aromatic heterocycles. The van der Waals surface area contributed by atoms with Gasteiger partial charge in [0.15, 0.2) is 0 Å². The molecule has 0 bridgehead atoms. The number of aromatic nitrogens is 1. The lowest BCUT2D eigenvalue weighted by molar-refractivity contribution is 0.115. The van der Waals surface area contributed by atoms with E-state index in [1.54, 1.807) is 0 Å². The van der Waals surface area contributed by atoms with E-state index in [1.165, 1.54) is 47.9 Å². The Morgan fingerprint density at radius 3 is 2.05 bits per heavy atom. The first-order valence-electron chi connectivity index (χ1n) is 15.4. The summed E-state index contributed by atoms with van der Waals surface area (Å²) in [5.41, 5.74) is 6.51. The molecule has 1 N–H and O–H groups in total. The van der Waals surface area contributed by atoms with Crippen LogP contribution in [0.1, 0.15) is 130 Å². The molecule has 4 atom stereocenters. The average Bonchev–Trinajstić information content (AvgIpc) is 2.93. The third kappa shape index (κ3) is 7.62. The van der Waals surface area contributed by atoms with Crippen molar-refractivity contribution in [3.05, 3.63) is 53.1 Å². The minimum Gasteiger partial charge on any atom is -0.346 e. The summed E-state index contributed by atoms with van der Waals surface area (Å²) in [6.07, 6.45) is 9.94. The Morgan fingerprint density at radius 1 is 0.895 bits per heavy atom. The maximum Gasteiger partial charge on any atom is 0.132 e. The second kappa shape index (κ2) is 15.3. The van der Waals surface area contributed by atoms with Crippen molar-refractivity contribution in [1.29, 1.82) is 5.26 Å². The van der Waals surface area contributed by atoms with Crippen LogP contribution in [0.15, 0.2) is 41.5 Å². The molecule has 0 radical (unpaired) electrons. The second-order valence-corrected chi connectivity index (χ2v) is 12.1. The Labute approximate surface area is 234 Å². The number of hydrogen-bond acceptors (Lipinski definition) is 2. The summed E-state index contributed by atoms with van der Waals surface area (Å²) < 4.78 is 0. The SMILES string of the molecule is CCCC(CC)(CCC(C#N)C(CC)C/N=c1\[nH]cccc1-c1c(C(C)C)cccc1C(C)C)C(C)CC. The van der Waals surface area contributed by atoms with Gasteiger partial charge in [0.2, 0.25) is 0 Å². The summed E-state index contributed by atoms with van der Waals surface area (Å²) in [5.74, 6) is 1.84. The van der Waals surface area contributed by atoms with Crippen LogP contribution in [0.2, 0.25) is 0 Å². The predicted molar refractivity (Wildman–Crippen MR) is 164 cm³/mol. The van der Waals surface area contributed by atoms with Gasteiger partial charge < -0.3 is 4.98 Å². The summed E-state index contributed by atoms with van der Waals surface area (Å²) in [6, 6.07) is 13.7. The van der Waals surface area contributed by atoms with Crippen LogP contribution in [0.3, 0.4) is 0 Å². The number of nitrogens with one attached hydrogen (secondary N) is 1. The van der Waals surface area contributed by atoms with Gasteiger partial charge in [-0.25, -0.2) is 0 Å². The monoisotopic (exact) mass is 517 g/mol. The maximum absolute atomic E-state index is 10.2. The lowest BCUT2D eigenvalue weighted by Crippen LogP contribution is -2.30. The van der Waals surface area contributed by atoms with Crippen LogP contribution in [0, 0.1) is 34.5 Å². The zero-order valence-electron chi connectivity index (χ0n) is 25.9. The van der Waals surface area contributed by atoms with E-state index < -0.39 is 0 Å². The lowest BCUT2D eigenvalue weighted by atomic mass is 9.66. The molecule has 2 rings (SSSR count). The van der Waals surface area contributed by atoms with E-state index in [1.807, 2.05) is 6.20 Å². The molecular formula is C35H55N3. The molecule has 0 aliphatic carbocycles. The number of H-pyrrole nitrogens is 1. The molecule has 3 nitrogen and oxygen atoms in total. The van der Waals surface area contributed by atoms with Crippen molar-refractivity contribution in [3.63, 3.8) is 0 Å². The number of nitriles is 1. The van der Waals surface area contributed by atoms with E-state index in [9.17, 15) is 5.26 Å². The third-order valence-corrected chi connectivity index (χ3v) is 9.28. The summed E-state index contributed by atoms with van der Waals surface area (Å²) in [4.78, 5) is 8.63. The molecule has 1 heterocycles. The Kier molecular flexibility index (Phi) is 12.8. The first-order chi connectivity index (χ1) is 18.2. The summed E-state index contributed by atoms with van der Waals surface area (Å²) in [7, 11) is 0. The molecule has 0 aliphatic rings. The van der Waals surface area contributed by atoms with Crippen LogP contribution in [0.25, 0.3) is 11.1 Å². The van der Waals surface area contributed by atoms with Crippen molar-refractivity contribution < 1.29 is 0 Å². The zero-order valence-corrected chi connectivity index (χ0v) is 25.9. The largest absolute Gasteiger partial charge is 0.346 e. The zero-order chi connectivity index (χ0) is 28.3. The van der Waals surface area contributed by atoms with Crippen molar-refractivity contribution in [2.24, 2.45) is 28.2 Å². The highest BCUT2D eigenvalue weighted by atomic mass is 14.8. The molecule has 210 valence electrons. The fourth-order valence-corrected chi connectivity index (χ4v) is 6.47. The van der Waals surface area contributed by atoms with Gasteiger partial charge in [0.1, 0.15) is 5.49 Å². The summed E-state index contributed by atoms with van der Waals surface area (Å²) in [6.45, 7) is 21.4. The summed E-state index contributed by atoms with van der Waals surface area (Å²) >= 11 is 0. The first-order valence-corrected chi connectivity index (χ1v) is 15.4. The van der Waals surface area contributed by atoms with Crippen LogP contribution in [-0.4, -0.2) is 11.5 Å². The van der Waals surface area contributed by atoms with Crippen molar-refractivity contribution in [3.8, 4) is 17.2 Å². The molecule has 0 spiro atoms. The third-order valence-electron chi connectivity index (χ3n) is 9.28. The molecule has 38 heavy (non-hydrogen) atoms. The molecule has 0 saturated heterocycles. The number of aromatic amines is 1. The van der Waals surface area contributed by atoms with Gasteiger partial charge in [0.05, 0.1) is 12.0 Å². The molecule has 4 unspecified atom stereocenters. The van der Waals surface area contributed by atoms with E-state index in [2.05, 4.69) is 104 Å². The van der Waals surface area contributed by atoms with Crippen LogP contribution >= 0.6 is 0 Å². The van der Waals surface area contributed by atoms with Gasteiger partial charge in [-0.15, -0.1) is 0 Å². The van der Waals surface area contributed by atoms with E-state index in [-0.39, 0.29) is 11.8 Å². The molecular weight excluding hydrogens is 462 g/mol. The predicted octanol–water partition coefficient (Wildman–Crippen LogP) is 10.0. The second-order valence-electron chi connectivity index (χ2n) is 12.1. The van der Waals surface area contributed by atoms with Crippen LogP contribution in [-0.2, 0) is 0 Å². The molecule has 0 aliphatic heterocycles. The Hall–Kier alpha value is -2.34. The standard InChI is InChI=1S/C35H55N3/c1-10-20-35(13-4,27(9)11-2)21-19-29(23-36)28(12-3)24-38-34-32(18-15-22-37-34)33-30(25(5)6)16-14-17-31(33)26(7)8/h14-18,22,25-29H,10-13,19-21,24H2,1-9H3,(H,37,38). The van der Waals surface area contributed by atoms with E-state index in [4.69, 9.17) is 4.99 Å². The van der Waals surface area contributed by atoms with Gasteiger partial charge >= 0.3 is 0 Å². The maximum atomic E-state index is 10.2. The minimum atomic E-state index is 0.0388. The van der Waals surface area contributed by atoms with Crippen LogP contribution < -0.4 is 5.49 Å². The molecule has 0 amide bonds. The topological polar surface area (TPSA) is 51.9 Å². The Bertz CT molecular complexity index is 1060. The van der Waals surface area contributed by atoms with Gasteiger partial charge in [-0.2, -0.15) is 5.26 Å². The minimum absolute atomic E-state index is 0.0388. The molecule has 0 saturated carbocycles. The highest BCUT2D eigenvalue weighted by molar-refractivity contribution is 5.71. The quantitative estimate of drug-likeness (QED) is 0.251. The highest BCUT2D eigenvalue weighted by Gasteiger charge is 2.34. The van der Waals surface area contributed by atoms with Gasteiger partial charge in [0, 0.05) is 18.3 Å². The fourth-order valence-electron chi connectivity index (χ4n) is 6.47. The Balaban J connectivity index is 2.42. The molecule has 2 aromatic rings. The van der Waals surface area contributed by atoms with Gasteiger partial charge in [-0.1, -0.05) is 106 Å². The van der Waals surface area contributed by atoms with Gasteiger partial charge in [-0.05, 0) is 77.2 Å². The Morgan fingerprint density at radius 2 is 1.55 bits per heavy atom. The van der Waals surface area contributed by atoms with Crippen molar-refractivity contribution in [2.45, 2.75) is 119 Å². The number of benzene rings is 1. The van der Waals surface area contributed by atoms with Crippen molar-refractivity contribution in [1.82, 2.24) is 4.98 Å². The van der Waals surface area contributed by atoms with Crippen molar-refractivity contribution in [2.75, 3.05) is 6.54 Å². The summed E-state index contributed by atoms with van der Waals surface area (Å²) in [5, 5.41) is 10.2. The van der Waals surface area contributed by atoms with E-state index >= 15 is 0 Å². The molecule has 0 fully saturated rings. The van der Waals surface area contributed by atoms with E-state index in [0.717, 1.165) is 24.8 Å². The fraction of sp³-hybridized carbons (Fsp3) is 0.657. The highest BCUT2D eigenvalue weighted by Crippen LogP contribution is 2.44. The number of rotatable bonds is 15. The smallest absolute Gasteiger partial charge is 0.132 e. The molecule has 1 aromatic carbocycles. The van der Waals surface area contributed by atoms with Gasteiger partial charge in [-0.3, -0.25) is 4.99 Å².